The molecule has 1 N–H and O–H groups in total. The molecule has 2 fully saturated rings. The van der Waals surface area contributed by atoms with E-state index in [-0.39, 0.29) is 29.6 Å². The van der Waals surface area contributed by atoms with E-state index in [1.165, 1.54) is 10.6 Å². The van der Waals surface area contributed by atoms with Gasteiger partial charge in [0, 0.05) is 24.2 Å². The van der Waals surface area contributed by atoms with Crippen molar-refractivity contribution in [3.8, 4) is 11.9 Å². The van der Waals surface area contributed by atoms with E-state index >= 15 is 0 Å². The van der Waals surface area contributed by atoms with Crippen molar-refractivity contribution in [2.24, 2.45) is 0 Å². The second-order valence-corrected chi connectivity index (χ2v) is 7.92. The molecule has 1 saturated heterocycles. The molecule has 1 saturated carbocycles. The van der Waals surface area contributed by atoms with Crippen LogP contribution in [0.25, 0.3) is 5.65 Å². The number of halogens is 1. The molecular formula is C20H16FN7O3. The van der Waals surface area contributed by atoms with Gasteiger partial charge in [-0.05, 0) is 18.9 Å². The van der Waals surface area contributed by atoms with Crippen molar-refractivity contribution in [2.75, 3.05) is 18.3 Å². The molecule has 1 aliphatic carbocycles. The first-order valence-electron chi connectivity index (χ1n) is 9.89. The Labute approximate surface area is 175 Å². The summed E-state index contributed by atoms with van der Waals surface area (Å²) in [6.45, 7) is 0.572. The number of ether oxygens (including phenoxy) is 1. The molecule has 2 aliphatic heterocycles. The predicted molar refractivity (Wildman–Crippen MR) is 103 cm³/mol. The maximum Gasteiger partial charge on any atom is 0.258 e. The summed E-state index contributed by atoms with van der Waals surface area (Å²) in [4.78, 5) is 27.7. The topological polar surface area (TPSA) is 118 Å². The number of amides is 1. The Bertz CT molecular complexity index is 1280. The van der Waals surface area contributed by atoms with Crippen molar-refractivity contribution >= 4 is 17.4 Å². The Balaban J connectivity index is 1.57. The summed E-state index contributed by atoms with van der Waals surface area (Å²) in [5.41, 5.74) is 0.302. The molecule has 1 amide bonds. The first kappa shape index (κ1) is 18.0. The molecule has 3 aromatic heterocycles. The Morgan fingerprint density at radius 2 is 2.26 bits per heavy atom. The number of anilines is 1. The van der Waals surface area contributed by atoms with Crippen molar-refractivity contribution in [3.63, 3.8) is 0 Å². The fourth-order valence-corrected chi connectivity index (χ4v) is 4.08. The molecule has 1 atom stereocenters. The number of hydrogen-bond acceptors (Lipinski definition) is 8. The predicted octanol–water partition coefficient (Wildman–Crippen LogP) is 1.67. The molecule has 6 rings (SSSR count). The maximum absolute atomic E-state index is 14.1. The molecule has 0 aromatic carbocycles. The SMILES string of the molecule is N#Cc1nn2ccc3nc2c1C(=O)NC1(CC1)COc1ncc(F)cc1[C@@H]1CCON31. The number of rotatable bonds is 0. The summed E-state index contributed by atoms with van der Waals surface area (Å²) >= 11 is 0. The third kappa shape index (κ3) is 2.79. The van der Waals surface area contributed by atoms with Gasteiger partial charge in [0.1, 0.15) is 24.1 Å². The Hall–Kier alpha value is -3.78. The molecule has 10 nitrogen and oxygen atoms in total. The van der Waals surface area contributed by atoms with Crippen LogP contribution in [0.2, 0.25) is 0 Å². The fourth-order valence-electron chi connectivity index (χ4n) is 4.08. The van der Waals surface area contributed by atoms with E-state index in [1.54, 1.807) is 17.3 Å². The second-order valence-electron chi connectivity index (χ2n) is 7.92. The lowest BCUT2D eigenvalue weighted by Crippen LogP contribution is -2.41. The summed E-state index contributed by atoms with van der Waals surface area (Å²) in [5.74, 6) is -0.219. The lowest BCUT2D eigenvalue weighted by atomic mass is 10.1. The molecule has 3 aromatic rings. The smallest absolute Gasteiger partial charge is 0.258 e. The zero-order valence-electron chi connectivity index (χ0n) is 16.2. The normalized spacial score (nSPS) is 21.4. The minimum absolute atomic E-state index is 0.0142. The summed E-state index contributed by atoms with van der Waals surface area (Å²) in [6.07, 6.45) is 4.73. The largest absolute Gasteiger partial charge is 0.475 e. The van der Waals surface area contributed by atoms with E-state index < -0.39 is 17.3 Å². The van der Waals surface area contributed by atoms with Gasteiger partial charge < -0.3 is 10.1 Å². The van der Waals surface area contributed by atoms with Crippen LogP contribution in [0.5, 0.6) is 5.88 Å². The number of nitriles is 1. The highest BCUT2D eigenvalue weighted by Crippen LogP contribution is 2.41. The number of fused-ring (bicyclic) bond motifs is 5. The average Bonchev–Trinajstić information content (AvgIpc) is 3.20. The summed E-state index contributed by atoms with van der Waals surface area (Å²) in [5, 5.41) is 18.2. The molecule has 1 spiro atoms. The first-order valence-corrected chi connectivity index (χ1v) is 9.89. The minimum Gasteiger partial charge on any atom is -0.475 e. The van der Waals surface area contributed by atoms with E-state index in [1.807, 2.05) is 6.07 Å². The molecule has 31 heavy (non-hydrogen) atoms. The lowest BCUT2D eigenvalue weighted by Gasteiger charge is -2.25. The molecule has 11 heteroatoms. The van der Waals surface area contributed by atoms with Gasteiger partial charge in [0.05, 0.1) is 24.4 Å². The van der Waals surface area contributed by atoms with Crippen LogP contribution in [0.4, 0.5) is 10.2 Å². The van der Waals surface area contributed by atoms with Gasteiger partial charge in [0.2, 0.25) is 5.88 Å². The van der Waals surface area contributed by atoms with Gasteiger partial charge in [0.15, 0.2) is 17.2 Å². The standard InChI is InChI=1S/C20H16FN7O3/c21-11-7-12-14-2-6-31-28(14)15-1-5-27-17(24-15)16(13(8-22)26-27)18(29)25-20(3-4-20)10-30-19(12)23-9-11/h1,5,7,9,14H,2-4,6,10H2,(H,25,29)/t14-/m0/s1. The zero-order valence-corrected chi connectivity index (χ0v) is 16.2. The highest BCUT2D eigenvalue weighted by Gasteiger charge is 2.46. The number of carbonyl (C=O) groups excluding carboxylic acids is 1. The number of hydrogen-bond donors (Lipinski definition) is 1. The van der Waals surface area contributed by atoms with Crippen molar-refractivity contribution in [2.45, 2.75) is 30.8 Å². The van der Waals surface area contributed by atoms with Crippen LogP contribution in [-0.2, 0) is 4.84 Å². The quantitative estimate of drug-likeness (QED) is 0.583. The lowest BCUT2D eigenvalue weighted by molar-refractivity contribution is 0.0912. The summed E-state index contributed by atoms with van der Waals surface area (Å²) in [6, 6.07) is 4.65. The second kappa shape index (κ2) is 6.36. The van der Waals surface area contributed by atoms with Gasteiger partial charge in [0.25, 0.3) is 5.91 Å². The maximum atomic E-state index is 14.1. The van der Waals surface area contributed by atoms with E-state index in [9.17, 15) is 14.4 Å². The highest BCUT2D eigenvalue weighted by molar-refractivity contribution is 6.02. The number of nitrogens with zero attached hydrogens (tertiary/aromatic N) is 6. The van der Waals surface area contributed by atoms with Crippen molar-refractivity contribution in [1.82, 2.24) is 24.9 Å². The summed E-state index contributed by atoms with van der Waals surface area (Å²) in [7, 11) is 0. The van der Waals surface area contributed by atoms with Crippen LogP contribution in [0.15, 0.2) is 24.5 Å². The van der Waals surface area contributed by atoms with Crippen molar-refractivity contribution in [1.29, 1.82) is 5.26 Å². The van der Waals surface area contributed by atoms with Crippen LogP contribution in [0.3, 0.4) is 0 Å². The van der Waals surface area contributed by atoms with Crippen molar-refractivity contribution < 1.29 is 18.8 Å². The van der Waals surface area contributed by atoms with E-state index in [0.717, 1.165) is 6.20 Å². The number of hydroxylamine groups is 1. The zero-order chi connectivity index (χ0) is 21.2. The highest BCUT2D eigenvalue weighted by atomic mass is 19.1. The van der Waals surface area contributed by atoms with Crippen molar-refractivity contribution in [3.05, 3.63) is 47.2 Å². The molecule has 0 unspecified atom stereocenters. The van der Waals surface area contributed by atoms with Crippen LogP contribution in [0, 0.1) is 17.1 Å². The van der Waals surface area contributed by atoms with Gasteiger partial charge in [-0.3, -0.25) is 9.63 Å². The number of pyridine rings is 1. The van der Waals surface area contributed by atoms with Gasteiger partial charge in [-0.25, -0.2) is 23.9 Å². The Kier molecular flexibility index (Phi) is 3.70. The van der Waals surface area contributed by atoms with E-state index in [2.05, 4.69) is 20.4 Å². The van der Waals surface area contributed by atoms with Crippen LogP contribution in [0.1, 0.15) is 46.9 Å². The monoisotopic (exact) mass is 421 g/mol. The number of nitrogens with one attached hydrogen (secondary N) is 1. The van der Waals surface area contributed by atoms with Crippen LogP contribution >= 0.6 is 0 Å². The van der Waals surface area contributed by atoms with E-state index in [4.69, 9.17) is 9.57 Å². The molecule has 0 radical (unpaired) electrons. The number of carbonyl (C=O) groups is 1. The van der Waals surface area contributed by atoms with Gasteiger partial charge in [-0.1, -0.05) is 0 Å². The molecule has 2 bridgehead atoms. The number of aromatic nitrogens is 4. The molecular weight excluding hydrogens is 405 g/mol. The molecule has 5 heterocycles. The average molecular weight is 421 g/mol. The fraction of sp³-hybridized carbons (Fsp3) is 0.350. The summed E-state index contributed by atoms with van der Waals surface area (Å²) < 4.78 is 21.5. The van der Waals surface area contributed by atoms with Gasteiger partial charge in [-0.15, -0.1) is 0 Å². The third-order valence-electron chi connectivity index (χ3n) is 5.86. The van der Waals surface area contributed by atoms with Crippen LogP contribution < -0.4 is 15.1 Å². The Morgan fingerprint density at radius 3 is 3.06 bits per heavy atom. The van der Waals surface area contributed by atoms with E-state index in [0.29, 0.717) is 43.1 Å². The van der Waals surface area contributed by atoms with Crippen LogP contribution in [-0.4, -0.2) is 44.2 Å². The third-order valence-corrected chi connectivity index (χ3v) is 5.86. The van der Waals surface area contributed by atoms with Gasteiger partial charge >= 0.3 is 0 Å². The minimum atomic E-state index is -0.580. The molecule has 156 valence electrons. The van der Waals surface area contributed by atoms with Gasteiger partial charge in [-0.2, -0.15) is 10.4 Å². The molecule has 3 aliphatic rings. The Morgan fingerprint density at radius 1 is 1.39 bits per heavy atom. The first-order chi connectivity index (χ1) is 15.1.